The minimum absolute atomic E-state index is 0. The van der Waals surface area contributed by atoms with Crippen molar-refractivity contribution in [3.05, 3.63) is 47.4 Å². The van der Waals surface area contributed by atoms with Gasteiger partial charge in [0, 0.05) is 0 Å². The number of unbranched alkanes of at least 4 members (excludes halogenated alkanes) is 1. The third kappa shape index (κ3) is 5.68. The molecule has 7 heteroatoms. The van der Waals surface area contributed by atoms with Gasteiger partial charge in [-0.3, -0.25) is 4.79 Å². The van der Waals surface area contributed by atoms with E-state index in [9.17, 15) is 4.79 Å². The van der Waals surface area contributed by atoms with Crippen molar-refractivity contribution < 1.29 is 18.7 Å². The van der Waals surface area contributed by atoms with Crippen molar-refractivity contribution in [1.29, 1.82) is 0 Å². The molecule has 0 saturated carbocycles. The van der Waals surface area contributed by atoms with Crippen molar-refractivity contribution in [2.75, 3.05) is 13.7 Å². The van der Waals surface area contributed by atoms with Gasteiger partial charge in [-0.1, -0.05) is 19.4 Å². The number of hydrogen-bond donors (Lipinski definition) is 2. The van der Waals surface area contributed by atoms with E-state index in [4.69, 9.17) is 19.6 Å². The van der Waals surface area contributed by atoms with Crippen LogP contribution in [0.5, 0.6) is 11.5 Å². The summed E-state index contributed by atoms with van der Waals surface area (Å²) in [6.45, 7) is 4.95. The molecule has 1 aromatic heterocycles. The molecule has 3 N–H and O–H groups in total. The first kappa shape index (κ1) is 21.9. The lowest BCUT2D eigenvalue weighted by Gasteiger charge is -2.17. The van der Waals surface area contributed by atoms with Gasteiger partial charge in [-0.2, -0.15) is 0 Å². The highest BCUT2D eigenvalue weighted by molar-refractivity contribution is 5.94. The molecule has 0 aliphatic rings. The molecule has 0 fully saturated rings. The highest BCUT2D eigenvalue weighted by atomic mass is 35.5. The number of ether oxygens (including phenoxy) is 2. The van der Waals surface area contributed by atoms with E-state index in [0.29, 0.717) is 29.4 Å². The zero-order valence-corrected chi connectivity index (χ0v) is 16.2. The van der Waals surface area contributed by atoms with Crippen LogP contribution < -0.4 is 20.5 Å². The predicted molar refractivity (Wildman–Crippen MR) is 103 cm³/mol. The first-order chi connectivity index (χ1) is 12.1. The maximum absolute atomic E-state index is 12.3. The molecule has 1 heterocycles. The van der Waals surface area contributed by atoms with Gasteiger partial charge in [0.2, 0.25) is 0 Å². The summed E-state index contributed by atoms with van der Waals surface area (Å²) in [5, 5.41) is 2.94. The van der Waals surface area contributed by atoms with Gasteiger partial charge < -0.3 is 24.9 Å². The van der Waals surface area contributed by atoms with Crippen LogP contribution in [0.15, 0.2) is 34.9 Å². The van der Waals surface area contributed by atoms with E-state index < -0.39 is 0 Å². The van der Waals surface area contributed by atoms with Crippen LogP contribution >= 0.6 is 12.4 Å². The normalized spacial score (nSPS) is 11.4. The number of benzene rings is 1. The number of nitrogens with two attached hydrogens (primary N) is 1. The number of carbonyl (C=O) groups is 1. The summed E-state index contributed by atoms with van der Waals surface area (Å²) in [5.74, 6) is 1.73. The smallest absolute Gasteiger partial charge is 0.255 e. The van der Waals surface area contributed by atoms with Crippen molar-refractivity contribution in [3.63, 3.8) is 0 Å². The van der Waals surface area contributed by atoms with E-state index in [1.165, 1.54) is 6.26 Å². The molecule has 144 valence electrons. The Balaban J connectivity index is 0.00000338. The molecule has 0 spiro atoms. The molecule has 0 aliphatic heterocycles. The van der Waals surface area contributed by atoms with E-state index in [0.717, 1.165) is 18.4 Å². The fraction of sp³-hybridized carbons (Fsp3) is 0.421. The van der Waals surface area contributed by atoms with Crippen LogP contribution in [0, 0.1) is 0 Å². The molecular weight excluding hydrogens is 356 g/mol. The van der Waals surface area contributed by atoms with Crippen molar-refractivity contribution >= 4 is 18.3 Å². The number of nitrogens with one attached hydrogen (secondary N) is 1. The molecule has 0 aliphatic carbocycles. The van der Waals surface area contributed by atoms with E-state index in [1.54, 1.807) is 13.2 Å². The molecule has 2 rings (SSSR count). The average Bonchev–Trinajstić information content (AvgIpc) is 3.11. The number of methoxy groups -OCH3 is 1. The Bertz CT molecular complexity index is 703. The van der Waals surface area contributed by atoms with Crippen LogP contribution in [-0.2, 0) is 6.54 Å². The van der Waals surface area contributed by atoms with Crippen LogP contribution in [0.3, 0.4) is 0 Å². The maximum atomic E-state index is 12.3. The average molecular weight is 383 g/mol. The summed E-state index contributed by atoms with van der Waals surface area (Å²) >= 11 is 0. The van der Waals surface area contributed by atoms with Crippen LogP contribution in [0.25, 0.3) is 0 Å². The Kier molecular flexibility index (Phi) is 9.02. The molecule has 1 aromatic carbocycles. The monoisotopic (exact) mass is 382 g/mol. The number of halogens is 1. The van der Waals surface area contributed by atoms with Gasteiger partial charge in [0.15, 0.2) is 11.5 Å². The largest absolute Gasteiger partial charge is 0.493 e. The molecular formula is C19H27ClN2O4. The zero-order chi connectivity index (χ0) is 18.2. The Morgan fingerprint density at radius 1 is 1.31 bits per heavy atom. The number of rotatable bonds is 9. The van der Waals surface area contributed by atoms with E-state index in [1.807, 2.05) is 25.1 Å². The quantitative estimate of drug-likeness (QED) is 0.643. The number of furan rings is 1. The summed E-state index contributed by atoms with van der Waals surface area (Å²) in [7, 11) is 1.61. The van der Waals surface area contributed by atoms with Gasteiger partial charge in [0.25, 0.3) is 5.91 Å². The number of amides is 1. The van der Waals surface area contributed by atoms with Crippen LogP contribution in [0.4, 0.5) is 0 Å². The van der Waals surface area contributed by atoms with Crippen molar-refractivity contribution in [2.45, 2.75) is 39.3 Å². The molecule has 0 saturated heterocycles. The van der Waals surface area contributed by atoms with E-state index in [2.05, 4.69) is 12.2 Å². The Morgan fingerprint density at radius 2 is 2.08 bits per heavy atom. The van der Waals surface area contributed by atoms with Gasteiger partial charge >= 0.3 is 0 Å². The predicted octanol–water partition coefficient (Wildman–Crippen LogP) is 3.84. The third-order valence-electron chi connectivity index (χ3n) is 3.91. The molecule has 2 aromatic rings. The number of carbonyl (C=O) groups excluding carboxylic acids is 1. The van der Waals surface area contributed by atoms with Gasteiger partial charge in [-0.25, -0.2) is 0 Å². The summed E-state index contributed by atoms with van der Waals surface area (Å²) in [4.78, 5) is 12.3. The SMILES string of the molecule is CCCCOc1ccc(C(C)NC(=O)c2coc(CN)c2)cc1OC.Cl. The highest BCUT2D eigenvalue weighted by Gasteiger charge is 2.15. The van der Waals surface area contributed by atoms with Crippen LogP contribution in [0.2, 0.25) is 0 Å². The Morgan fingerprint density at radius 3 is 2.69 bits per heavy atom. The maximum Gasteiger partial charge on any atom is 0.255 e. The summed E-state index contributed by atoms with van der Waals surface area (Å²) in [6.07, 6.45) is 3.48. The zero-order valence-electron chi connectivity index (χ0n) is 15.4. The molecule has 0 radical (unpaired) electrons. The molecule has 1 amide bonds. The Hall–Kier alpha value is -2.18. The lowest BCUT2D eigenvalue weighted by Crippen LogP contribution is -2.26. The van der Waals surface area contributed by atoms with Gasteiger partial charge in [-0.15, -0.1) is 12.4 Å². The molecule has 1 unspecified atom stereocenters. The second kappa shape index (κ2) is 10.7. The molecule has 6 nitrogen and oxygen atoms in total. The molecule has 1 atom stereocenters. The standard InChI is InChI=1S/C19H26N2O4.ClH/c1-4-5-8-24-17-7-6-14(10-18(17)23-3)13(2)21-19(22)15-9-16(11-20)25-12-15;/h6-7,9-10,12-13H,4-5,8,11,20H2,1-3H3,(H,21,22);1H. The van der Waals surface area contributed by atoms with Gasteiger partial charge in [0.05, 0.1) is 31.9 Å². The first-order valence-electron chi connectivity index (χ1n) is 8.48. The summed E-state index contributed by atoms with van der Waals surface area (Å²) in [6, 6.07) is 7.13. The fourth-order valence-corrected chi connectivity index (χ4v) is 2.37. The lowest BCUT2D eigenvalue weighted by molar-refractivity contribution is 0.0939. The third-order valence-corrected chi connectivity index (χ3v) is 3.91. The van der Waals surface area contributed by atoms with E-state index >= 15 is 0 Å². The Labute approximate surface area is 160 Å². The van der Waals surface area contributed by atoms with Crippen molar-refractivity contribution in [1.82, 2.24) is 5.32 Å². The first-order valence-corrected chi connectivity index (χ1v) is 8.48. The second-order valence-electron chi connectivity index (χ2n) is 5.81. The fourth-order valence-electron chi connectivity index (χ4n) is 2.37. The van der Waals surface area contributed by atoms with Crippen molar-refractivity contribution in [3.8, 4) is 11.5 Å². The van der Waals surface area contributed by atoms with Crippen LogP contribution in [-0.4, -0.2) is 19.6 Å². The number of hydrogen-bond acceptors (Lipinski definition) is 5. The molecule has 26 heavy (non-hydrogen) atoms. The van der Waals surface area contributed by atoms with Crippen LogP contribution in [0.1, 0.15) is 54.4 Å². The minimum atomic E-state index is -0.210. The highest BCUT2D eigenvalue weighted by Crippen LogP contribution is 2.30. The van der Waals surface area contributed by atoms with Gasteiger partial charge in [-0.05, 0) is 37.1 Å². The summed E-state index contributed by atoms with van der Waals surface area (Å²) < 4.78 is 16.3. The van der Waals surface area contributed by atoms with Gasteiger partial charge in [0.1, 0.15) is 12.0 Å². The summed E-state index contributed by atoms with van der Waals surface area (Å²) in [5.41, 5.74) is 6.88. The minimum Gasteiger partial charge on any atom is -0.493 e. The topological polar surface area (TPSA) is 86.7 Å². The lowest BCUT2D eigenvalue weighted by atomic mass is 10.1. The van der Waals surface area contributed by atoms with E-state index in [-0.39, 0.29) is 30.9 Å². The van der Waals surface area contributed by atoms with Crippen molar-refractivity contribution in [2.24, 2.45) is 5.73 Å². The second-order valence-corrected chi connectivity index (χ2v) is 5.81. The molecule has 0 bridgehead atoms.